The molecule has 0 heterocycles. The first-order valence-electron chi connectivity index (χ1n) is 6.21. The van der Waals surface area contributed by atoms with Crippen LogP contribution in [0.4, 0.5) is 5.69 Å². The van der Waals surface area contributed by atoms with Gasteiger partial charge in [0.1, 0.15) is 11.8 Å². The van der Waals surface area contributed by atoms with Gasteiger partial charge in [0.05, 0.1) is 0 Å². The number of nitrogens with one attached hydrogen (secondary N) is 1. The second-order valence-electron chi connectivity index (χ2n) is 4.25. The molecule has 0 spiro atoms. The Morgan fingerprint density at radius 3 is 2.42 bits per heavy atom. The number of hydrogen-bond acceptors (Lipinski definition) is 3. The van der Waals surface area contributed by atoms with E-state index in [-0.39, 0.29) is 12.6 Å². The lowest BCUT2D eigenvalue weighted by atomic mass is 10.1. The molecule has 96 valence electrons. The Bertz CT molecular complexity index is 543. The SMILES string of the molecule is CC(Nc1ccc(OCC#N)cc1)c1ccccc1. The second kappa shape index (κ2) is 6.46. The van der Waals surface area contributed by atoms with E-state index in [1.54, 1.807) is 0 Å². The summed E-state index contributed by atoms with van der Waals surface area (Å²) in [6.07, 6.45) is 0. The Balaban J connectivity index is 1.98. The smallest absolute Gasteiger partial charge is 0.174 e. The monoisotopic (exact) mass is 252 g/mol. The summed E-state index contributed by atoms with van der Waals surface area (Å²) < 4.78 is 5.21. The average Bonchev–Trinajstić information content (AvgIpc) is 2.47. The van der Waals surface area contributed by atoms with Crippen LogP contribution in [0.1, 0.15) is 18.5 Å². The molecule has 3 nitrogen and oxygen atoms in total. The zero-order chi connectivity index (χ0) is 13.5. The molecule has 3 heteroatoms. The van der Waals surface area contributed by atoms with Crippen LogP contribution < -0.4 is 10.1 Å². The zero-order valence-electron chi connectivity index (χ0n) is 10.8. The molecule has 0 amide bonds. The van der Waals surface area contributed by atoms with E-state index in [2.05, 4.69) is 24.4 Å². The Hall–Kier alpha value is -2.47. The number of ether oxygens (including phenoxy) is 1. The molecule has 0 saturated carbocycles. The third-order valence-corrected chi connectivity index (χ3v) is 2.84. The highest BCUT2D eigenvalue weighted by Crippen LogP contribution is 2.21. The average molecular weight is 252 g/mol. The highest BCUT2D eigenvalue weighted by molar-refractivity contribution is 5.48. The molecule has 0 aliphatic heterocycles. The van der Waals surface area contributed by atoms with Crippen molar-refractivity contribution in [2.24, 2.45) is 0 Å². The van der Waals surface area contributed by atoms with E-state index in [4.69, 9.17) is 10.00 Å². The summed E-state index contributed by atoms with van der Waals surface area (Å²) in [5.74, 6) is 0.708. The predicted molar refractivity (Wildman–Crippen MR) is 76.0 cm³/mol. The summed E-state index contributed by atoms with van der Waals surface area (Å²) in [4.78, 5) is 0. The third kappa shape index (κ3) is 3.75. The number of benzene rings is 2. The van der Waals surface area contributed by atoms with E-state index >= 15 is 0 Å². The fourth-order valence-corrected chi connectivity index (χ4v) is 1.84. The molecule has 0 bridgehead atoms. The normalized spacial score (nSPS) is 11.4. The van der Waals surface area contributed by atoms with Crippen LogP contribution in [-0.4, -0.2) is 6.61 Å². The van der Waals surface area contributed by atoms with Crippen LogP contribution >= 0.6 is 0 Å². The molecule has 2 rings (SSSR count). The van der Waals surface area contributed by atoms with Gasteiger partial charge in [0.2, 0.25) is 0 Å². The van der Waals surface area contributed by atoms with Gasteiger partial charge in [-0.25, -0.2) is 0 Å². The van der Waals surface area contributed by atoms with Crippen molar-refractivity contribution >= 4 is 5.69 Å². The largest absolute Gasteiger partial charge is 0.479 e. The van der Waals surface area contributed by atoms with E-state index in [0.29, 0.717) is 5.75 Å². The van der Waals surface area contributed by atoms with Gasteiger partial charge in [-0.15, -0.1) is 0 Å². The van der Waals surface area contributed by atoms with Gasteiger partial charge in [0.25, 0.3) is 0 Å². The van der Waals surface area contributed by atoms with Crippen molar-refractivity contribution in [3.8, 4) is 11.8 Å². The lowest BCUT2D eigenvalue weighted by Gasteiger charge is -2.15. The molecule has 1 unspecified atom stereocenters. The molecule has 0 aliphatic rings. The number of anilines is 1. The Morgan fingerprint density at radius 2 is 1.79 bits per heavy atom. The topological polar surface area (TPSA) is 45.0 Å². The van der Waals surface area contributed by atoms with Gasteiger partial charge in [0, 0.05) is 11.7 Å². The van der Waals surface area contributed by atoms with E-state index in [0.717, 1.165) is 5.69 Å². The van der Waals surface area contributed by atoms with Crippen LogP contribution in [0.2, 0.25) is 0 Å². The molecule has 0 radical (unpaired) electrons. The standard InChI is InChI=1S/C16H16N2O/c1-13(14-5-3-2-4-6-14)18-15-7-9-16(10-8-15)19-12-11-17/h2-10,13,18H,12H2,1H3. The maximum absolute atomic E-state index is 8.44. The van der Waals surface area contributed by atoms with Crippen LogP contribution in [0.15, 0.2) is 54.6 Å². The van der Waals surface area contributed by atoms with Crippen LogP contribution in [-0.2, 0) is 0 Å². The summed E-state index contributed by atoms with van der Waals surface area (Å²) >= 11 is 0. The first-order chi connectivity index (χ1) is 9.29. The molecule has 0 saturated heterocycles. The second-order valence-corrected chi connectivity index (χ2v) is 4.25. The molecule has 1 N–H and O–H groups in total. The van der Waals surface area contributed by atoms with E-state index in [1.165, 1.54) is 5.56 Å². The molecule has 19 heavy (non-hydrogen) atoms. The minimum atomic E-state index is 0.0766. The third-order valence-electron chi connectivity index (χ3n) is 2.84. The van der Waals surface area contributed by atoms with E-state index < -0.39 is 0 Å². The van der Waals surface area contributed by atoms with Crippen molar-refractivity contribution in [1.82, 2.24) is 0 Å². The van der Waals surface area contributed by atoms with Crippen molar-refractivity contribution in [3.63, 3.8) is 0 Å². The van der Waals surface area contributed by atoms with Crippen LogP contribution in [0.3, 0.4) is 0 Å². The number of rotatable bonds is 5. The summed E-state index contributed by atoms with van der Waals surface area (Å²) in [5, 5.41) is 11.9. The first kappa shape index (κ1) is 13.0. The highest BCUT2D eigenvalue weighted by atomic mass is 16.5. The van der Waals surface area contributed by atoms with Crippen molar-refractivity contribution in [2.45, 2.75) is 13.0 Å². The Kier molecular flexibility index (Phi) is 4.41. The summed E-state index contributed by atoms with van der Waals surface area (Å²) in [6, 6.07) is 20.1. The fourth-order valence-electron chi connectivity index (χ4n) is 1.84. The van der Waals surface area contributed by atoms with Gasteiger partial charge in [0.15, 0.2) is 6.61 Å². The summed E-state index contributed by atoms with van der Waals surface area (Å²) in [7, 11) is 0. The van der Waals surface area contributed by atoms with E-state index in [9.17, 15) is 0 Å². The Morgan fingerprint density at radius 1 is 1.11 bits per heavy atom. The van der Waals surface area contributed by atoms with Gasteiger partial charge in [-0.05, 0) is 36.8 Å². The summed E-state index contributed by atoms with van der Waals surface area (Å²) in [6.45, 7) is 2.20. The minimum absolute atomic E-state index is 0.0766. The lowest BCUT2D eigenvalue weighted by Crippen LogP contribution is -2.06. The Labute approximate surface area is 113 Å². The maximum atomic E-state index is 8.44. The van der Waals surface area contributed by atoms with Gasteiger partial charge < -0.3 is 10.1 Å². The first-order valence-corrected chi connectivity index (χ1v) is 6.21. The molecular weight excluding hydrogens is 236 g/mol. The zero-order valence-corrected chi connectivity index (χ0v) is 10.8. The molecule has 0 fully saturated rings. The highest BCUT2D eigenvalue weighted by Gasteiger charge is 2.04. The quantitative estimate of drug-likeness (QED) is 0.881. The van der Waals surface area contributed by atoms with Gasteiger partial charge in [-0.2, -0.15) is 5.26 Å². The van der Waals surface area contributed by atoms with Crippen molar-refractivity contribution < 1.29 is 4.74 Å². The van der Waals surface area contributed by atoms with Crippen molar-refractivity contribution in [2.75, 3.05) is 11.9 Å². The van der Waals surface area contributed by atoms with Gasteiger partial charge >= 0.3 is 0 Å². The van der Waals surface area contributed by atoms with Crippen molar-refractivity contribution in [3.05, 3.63) is 60.2 Å². The lowest BCUT2D eigenvalue weighted by molar-refractivity contribution is 0.368. The summed E-state index contributed by atoms with van der Waals surface area (Å²) in [5.41, 5.74) is 2.27. The molecule has 0 aliphatic carbocycles. The van der Waals surface area contributed by atoms with E-state index in [1.807, 2.05) is 48.5 Å². The van der Waals surface area contributed by atoms with Crippen LogP contribution in [0, 0.1) is 11.3 Å². The number of nitrogens with zero attached hydrogens (tertiary/aromatic N) is 1. The number of hydrogen-bond donors (Lipinski definition) is 1. The van der Waals surface area contributed by atoms with Gasteiger partial charge in [-0.3, -0.25) is 0 Å². The van der Waals surface area contributed by atoms with Crippen LogP contribution in [0.25, 0.3) is 0 Å². The predicted octanol–water partition coefficient (Wildman–Crippen LogP) is 3.76. The number of nitriles is 1. The minimum Gasteiger partial charge on any atom is -0.479 e. The molecule has 2 aromatic rings. The molecular formula is C16H16N2O. The molecule has 2 aromatic carbocycles. The van der Waals surface area contributed by atoms with Gasteiger partial charge in [-0.1, -0.05) is 30.3 Å². The molecule has 0 aromatic heterocycles. The fraction of sp³-hybridized carbons (Fsp3) is 0.188. The molecule has 1 atom stereocenters. The van der Waals surface area contributed by atoms with Crippen molar-refractivity contribution in [1.29, 1.82) is 5.26 Å². The maximum Gasteiger partial charge on any atom is 0.174 e. The van der Waals surface area contributed by atoms with Crippen LogP contribution in [0.5, 0.6) is 5.75 Å².